The minimum Gasteiger partial charge on any atom is -0.497 e. The number of halogens is 1. The SMILES string of the molecule is COc1ccc2[nH]c(C(=O)NCCc3cccc(Cl)c3)cc2c1. The number of aromatic nitrogens is 1. The van der Waals surface area contributed by atoms with Gasteiger partial charge in [0.15, 0.2) is 0 Å². The standard InChI is InChI=1S/C18H17ClN2O2/c1-23-15-5-6-16-13(10-15)11-17(21-16)18(22)20-8-7-12-3-2-4-14(19)9-12/h2-6,9-11,21H,7-8H2,1H3,(H,20,22). The van der Waals surface area contributed by atoms with Gasteiger partial charge in [-0.05, 0) is 48.4 Å². The van der Waals surface area contributed by atoms with Gasteiger partial charge in [-0.2, -0.15) is 0 Å². The van der Waals surface area contributed by atoms with Gasteiger partial charge in [0.25, 0.3) is 5.91 Å². The van der Waals surface area contributed by atoms with Crippen molar-refractivity contribution in [3.63, 3.8) is 0 Å². The molecule has 5 heteroatoms. The molecule has 3 aromatic rings. The smallest absolute Gasteiger partial charge is 0.267 e. The second-order valence-corrected chi connectivity index (χ2v) is 5.71. The molecule has 4 nitrogen and oxygen atoms in total. The molecule has 0 atom stereocenters. The molecule has 23 heavy (non-hydrogen) atoms. The van der Waals surface area contributed by atoms with E-state index in [4.69, 9.17) is 16.3 Å². The topological polar surface area (TPSA) is 54.1 Å². The molecular formula is C18H17ClN2O2. The monoisotopic (exact) mass is 328 g/mol. The second-order valence-electron chi connectivity index (χ2n) is 5.27. The Labute approximate surface area is 139 Å². The van der Waals surface area contributed by atoms with Gasteiger partial charge in [-0.3, -0.25) is 4.79 Å². The largest absolute Gasteiger partial charge is 0.497 e. The van der Waals surface area contributed by atoms with E-state index in [1.165, 1.54) is 0 Å². The summed E-state index contributed by atoms with van der Waals surface area (Å²) in [5, 5.41) is 4.57. The number of hydrogen-bond donors (Lipinski definition) is 2. The summed E-state index contributed by atoms with van der Waals surface area (Å²) in [5.41, 5.74) is 2.55. The molecule has 118 valence electrons. The predicted octanol–water partition coefficient (Wildman–Crippen LogP) is 3.80. The second kappa shape index (κ2) is 6.75. The van der Waals surface area contributed by atoms with Crippen LogP contribution in [0.25, 0.3) is 10.9 Å². The van der Waals surface area contributed by atoms with E-state index in [0.717, 1.165) is 28.6 Å². The van der Waals surface area contributed by atoms with Gasteiger partial charge in [0.1, 0.15) is 11.4 Å². The van der Waals surface area contributed by atoms with Crippen molar-refractivity contribution < 1.29 is 9.53 Å². The van der Waals surface area contributed by atoms with E-state index < -0.39 is 0 Å². The van der Waals surface area contributed by atoms with E-state index >= 15 is 0 Å². The van der Waals surface area contributed by atoms with Crippen LogP contribution in [0.2, 0.25) is 5.02 Å². The molecule has 0 radical (unpaired) electrons. The van der Waals surface area contributed by atoms with Crippen LogP contribution in [0.1, 0.15) is 16.1 Å². The van der Waals surface area contributed by atoms with Crippen molar-refractivity contribution in [3.05, 3.63) is 64.8 Å². The number of H-pyrrole nitrogens is 1. The molecular weight excluding hydrogens is 312 g/mol. The third-order valence-electron chi connectivity index (χ3n) is 3.66. The van der Waals surface area contributed by atoms with Crippen LogP contribution in [0.15, 0.2) is 48.5 Å². The average molecular weight is 329 g/mol. The first-order valence-electron chi connectivity index (χ1n) is 7.35. The van der Waals surface area contributed by atoms with Gasteiger partial charge in [-0.25, -0.2) is 0 Å². The highest BCUT2D eigenvalue weighted by Crippen LogP contribution is 2.21. The van der Waals surface area contributed by atoms with Crippen molar-refractivity contribution in [2.75, 3.05) is 13.7 Å². The van der Waals surface area contributed by atoms with Gasteiger partial charge in [0.05, 0.1) is 7.11 Å². The summed E-state index contributed by atoms with van der Waals surface area (Å²) in [6.45, 7) is 0.553. The summed E-state index contributed by atoms with van der Waals surface area (Å²) >= 11 is 5.95. The van der Waals surface area contributed by atoms with Gasteiger partial charge in [-0.1, -0.05) is 23.7 Å². The minimum atomic E-state index is -0.123. The van der Waals surface area contributed by atoms with Crippen LogP contribution in [-0.4, -0.2) is 24.5 Å². The normalized spacial score (nSPS) is 10.7. The van der Waals surface area contributed by atoms with E-state index in [1.807, 2.05) is 48.5 Å². The summed E-state index contributed by atoms with van der Waals surface area (Å²) in [5.74, 6) is 0.645. The van der Waals surface area contributed by atoms with Crippen LogP contribution >= 0.6 is 11.6 Å². The van der Waals surface area contributed by atoms with Crippen LogP contribution in [0, 0.1) is 0 Å². The fourth-order valence-corrected chi connectivity index (χ4v) is 2.68. The summed E-state index contributed by atoms with van der Waals surface area (Å²) in [6, 6.07) is 15.1. The lowest BCUT2D eigenvalue weighted by Crippen LogP contribution is -2.25. The lowest BCUT2D eigenvalue weighted by Gasteiger charge is -2.04. The van der Waals surface area contributed by atoms with E-state index in [9.17, 15) is 4.79 Å². The molecule has 0 aliphatic carbocycles. The Morgan fingerprint density at radius 1 is 1.22 bits per heavy atom. The van der Waals surface area contributed by atoms with Crippen LogP contribution in [0.5, 0.6) is 5.75 Å². The van der Waals surface area contributed by atoms with Crippen molar-refractivity contribution in [3.8, 4) is 5.75 Å². The number of nitrogens with one attached hydrogen (secondary N) is 2. The highest BCUT2D eigenvalue weighted by Gasteiger charge is 2.09. The summed E-state index contributed by atoms with van der Waals surface area (Å²) < 4.78 is 5.19. The number of fused-ring (bicyclic) bond motifs is 1. The number of methoxy groups -OCH3 is 1. The molecule has 0 saturated heterocycles. The molecule has 1 heterocycles. The number of ether oxygens (including phenoxy) is 1. The first-order chi connectivity index (χ1) is 11.2. The van der Waals surface area contributed by atoms with E-state index in [1.54, 1.807) is 7.11 Å². The Morgan fingerprint density at radius 2 is 2.09 bits per heavy atom. The fourth-order valence-electron chi connectivity index (χ4n) is 2.47. The molecule has 0 fully saturated rings. The lowest BCUT2D eigenvalue weighted by molar-refractivity contribution is 0.0950. The van der Waals surface area contributed by atoms with E-state index in [2.05, 4.69) is 10.3 Å². The highest BCUT2D eigenvalue weighted by atomic mass is 35.5. The Morgan fingerprint density at radius 3 is 2.87 bits per heavy atom. The van der Waals surface area contributed by atoms with Crippen molar-refractivity contribution in [2.24, 2.45) is 0 Å². The van der Waals surface area contributed by atoms with Gasteiger partial charge in [0.2, 0.25) is 0 Å². The zero-order chi connectivity index (χ0) is 16.2. The number of carbonyl (C=O) groups is 1. The number of benzene rings is 2. The molecule has 1 amide bonds. The number of aromatic amines is 1. The maximum absolute atomic E-state index is 12.2. The lowest BCUT2D eigenvalue weighted by atomic mass is 10.1. The van der Waals surface area contributed by atoms with Crippen LogP contribution < -0.4 is 10.1 Å². The molecule has 2 N–H and O–H groups in total. The fraction of sp³-hybridized carbons (Fsp3) is 0.167. The minimum absolute atomic E-state index is 0.123. The number of hydrogen-bond acceptors (Lipinski definition) is 2. The molecule has 0 bridgehead atoms. The third-order valence-corrected chi connectivity index (χ3v) is 3.90. The van der Waals surface area contributed by atoms with Crippen molar-refractivity contribution in [2.45, 2.75) is 6.42 Å². The predicted molar refractivity (Wildman–Crippen MR) is 92.3 cm³/mol. The molecule has 3 rings (SSSR count). The molecule has 1 aromatic heterocycles. The molecule has 0 aliphatic heterocycles. The molecule has 0 spiro atoms. The number of carbonyl (C=O) groups excluding carboxylic acids is 1. The van der Waals surface area contributed by atoms with E-state index in [-0.39, 0.29) is 5.91 Å². The average Bonchev–Trinajstić information content (AvgIpc) is 2.98. The van der Waals surface area contributed by atoms with Crippen LogP contribution in [-0.2, 0) is 6.42 Å². The summed E-state index contributed by atoms with van der Waals surface area (Å²) in [4.78, 5) is 15.3. The Hall–Kier alpha value is -2.46. The van der Waals surface area contributed by atoms with Gasteiger partial charge < -0.3 is 15.0 Å². The number of rotatable bonds is 5. The van der Waals surface area contributed by atoms with E-state index in [0.29, 0.717) is 17.3 Å². The zero-order valence-corrected chi connectivity index (χ0v) is 13.5. The Balaban J connectivity index is 1.64. The summed E-state index contributed by atoms with van der Waals surface area (Å²) in [7, 11) is 1.62. The number of amides is 1. The Kier molecular flexibility index (Phi) is 4.53. The highest BCUT2D eigenvalue weighted by molar-refractivity contribution is 6.30. The first-order valence-corrected chi connectivity index (χ1v) is 7.73. The van der Waals surface area contributed by atoms with Crippen LogP contribution in [0.3, 0.4) is 0 Å². The van der Waals surface area contributed by atoms with Gasteiger partial charge in [-0.15, -0.1) is 0 Å². The summed E-state index contributed by atoms with van der Waals surface area (Å²) in [6.07, 6.45) is 0.736. The van der Waals surface area contributed by atoms with Gasteiger partial charge >= 0.3 is 0 Å². The molecule has 0 aliphatic rings. The third kappa shape index (κ3) is 3.66. The molecule has 2 aromatic carbocycles. The molecule has 0 unspecified atom stereocenters. The first kappa shape index (κ1) is 15.4. The van der Waals surface area contributed by atoms with Crippen LogP contribution in [0.4, 0.5) is 0 Å². The quantitative estimate of drug-likeness (QED) is 0.748. The van der Waals surface area contributed by atoms with Crippen molar-refractivity contribution in [1.29, 1.82) is 0 Å². The maximum Gasteiger partial charge on any atom is 0.267 e. The van der Waals surface area contributed by atoms with Gasteiger partial charge in [0, 0.05) is 22.5 Å². The molecule has 0 saturated carbocycles. The maximum atomic E-state index is 12.2. The van der Waals surface area contributed by atoms with Crippen molar-refractivity contribution in [1.82, 2.24) is 10.3 Å². The van der Waals surface area contributed by atoms with Crippen molar-refractivity contribution >= 4 is 28.4 Å². The zero-order valence-electron chi connectivity index (χ0n) is 12.7. The Bertz CT molecular complexity index is 842.